The smallest absolute Gasteiger partial charge is 0.306 e. The lowest BCUT2D eigenvalue weighted by molar-refractivity contribution is -0.143. The van der Waals surface area contributed by atoms with E-state index in [9.17, 15) is 15.2 Å². The number of carboxylic acids is 1. The average Bonchev–Trinajstić information content (AvgIpc) is 2.55. The number of fused-ring (bicyclic) bond motifs is 1. The third-order valence-corrected chi connectivity index (χ3v) is 4.59. The van der Waals surface area contributed by atoms with Crippen LogP contribution >= 0.6 is 0 Å². The van der Waals surface area contributed by atoms with Crippen LogP contribution in [0, 0.1) is 17.2 Å². The van der Waals surface area contributed by atoms with Gasteiger partial charge in [-0.3, -0.25) is 4.79 Å². The molecule has 1 aliphatic carbocycles. The zero-order valence-electron chi connectivity index (χ0n) is 12.0. The van der Waals surface area contributed by atoms with Crippen LogP contribution in [0.1, 0.15) is 31.2 Å². The highest BCUT2D eigenvalue weighted by Gasteiger charge is 2.42. The molecule has 0 radical (unpaired) electrons. The molecule has 22 heavy (non-hydrogen) atoms. The zero-order valence-corrected chi connectivity index (χ0v) is 12.0. The second kappa shape index (κ2) is 5.41. The highest BCUT2D eigenvalue weighted by atomic mass is 16.6. The topological polar surface area (TPSA) is 99.8 Å². The van der Waals surface area contributed by atoms with Gasteiger partial charge in [0.1, 0.15) is 13.2 Å². The van der Waals surface area contributed by atoms with Crippen LogP contribution in [-0.4, -0.2) is 29.4 Å². The molecule has 0 amide bonds. The molecule has 1 aromatic carbocycles. The van der Waals surface area contributed by atoms with Gasteiger partial charge >= 0.3 is 5.97 Å². The number of hydrogen-bond donors (Lipinski definition) is 2. The lowest BCUT2D eigenvalue weighted by Crippen LogP contribution is -2.34. The van der Waals surface area contributed by atoms with Crippen LogP contribution < -0.4 is 9.47 Å². The Kier molecular flexibility index (Phi) is 3.57. The van der Waals surface area contributed by atoms with E-state index >= 15 is 0 Å². The molecule has 0 aromatic heterocycles. The van der Waals surface area contributed by atoms with Crippen molar-refractivity contribution in [3.8, 4) is 23.3 Å². The Morgan fingerprint density at radius 2 is 1.86 bits per heavy atom. The van der Waals surface area contributed by atoms with Crippen molar-refractivity contribution in [2.24, 2.45) is 5.92 Å². The number of phenols is 1. The summed E-state index contributed by atoms with van der Waals surface area (Å²) in [6.07, 6.45) is 1.83. The van der Waals surface area contributed by atoms with Gasteiger partial charge in [-0.15, -0.1) is 0 Å². The summed E-state index contributed by atoms with van der Waals surface area (Å²) in [5.74, 6) is -0.517. The summed E-state index contributed by atoms with van der Waals surface area (Å²) in [5.41, 5.74) is -0.101. The van der Waals surface area contributed by atoms with Crippen molar-refractivity contribution >= 4 is 5.97 Å². The predicted molar refractivity (Wildman–Crippen MR) is 76.0 cm³/mol. The number of carboxylic acid groups (broad SMARTS) is 1. The number of benzene rings is 1. The molecule has 0 unspecified atom stereocenters. The van der Waals surface area contributed by atoms with Crippen molar-refractivity contribution in [1.29, 1.82) is 5.26 Å². The van der Waals surface area contributed by atoms with Crippen molar-refractivity contribution in [3.05, 3.63) is 17.7 Å². The fourth-order valence-electron chi connectivity index (χ4n) is 3.30. The van der Waals surface area contributed by atoms with Crippen LogP contribution in [0.5, 0.6) is 17.2 Å². The van der Waals surface area contributed by atoms with Gasteiger partial charge in [0, 0.05) is 5.56 Å². The van der Waals surface area contributed by atoms with Gasteiger partial charge in [-0.05, 0) is 37.8 Å². The Hall–Kier alpha value is -2.42. The minimum Gasteiger partial charge on any atom is -0.504 e. The lowest BCUT2D eigenvalue weighted by Gasteiger charge is -2.36. The number of nitrogens with zero attached hydrogens (tertiary/aromatic N) is 1. The number of carbonyl (C=O) groups is 1. The Morgan fingerprint density at radius 3 is 2.45 bits per heavy atom. The van der Waals surface area contributed by atoms with Crippen LogP contribution in [0.25, 0.3) is 0 Å². The Bertz CT molecular complexity index is 641. The molecule has 1 saturated carbocycles. The van der Waals surface area contributed by atoms with E-state index in [2.05, 4.69) is 6.07 Å². The summed E-state index contributed by atoms with van der Waals surface area (Å²) in [4.78, 5) is 11.1. The number of ether oxygens (including phenoxy) is 2. The zero-order chi connectivity index (χ0) is 15.7. The molecule has 3 rings (SSSR count). The molecule has 1 fully saturated rings. The van der Waals surface area contributed by atoms with Gasteiger partial charge < -0.3 is 19.7 Å². The minimum atomic E-state index is -0.807. The Labute approximate surface area is 127 Å². The van der Waals surface area contributed by atoms with Crippen molar-refractivity contribution in [3.63, 3.8) is 0 Å². The second-order valence-electron chi connectivity index (χ2n) is 5.79. The van der Waals surface area contributed by atoms with E-state index in [0.29, 0.717) is 50.2 Å². The third-order valence-electron chi connectivity index (χ3n) is 4.59. The number of aromatic hydroxyl groups is 1. The number of phenolic OH excluding ortho intramolecular Hbond substituents is 1. The van der Waals surface area contributed by atoms with Crippen LogP contribution in [0.3, 0.4) is 0 Å². The normalized spacial score (nSPS) is 27.0. The quantitative estimate of drug-likeness (QED) is 0.868. The molecular formula is C16H17NO5. The highest BCUT2D eigenvalue weighted by molar-refractivity contribution is 5.70. The molecule has 6 heteroatoms. The first kappa shape index (κ1) is 14.5. The molecular weight excluding hydrogens is 286 g/mol. The standard InChI is InChI=1S/C16H17NO5/c17-9-16(5-3-10(4-6-16)15(19)20)11-1-2-12(18)14-13(11)21-7-8-22-14/h1-2,10,18H,3-8H2,(H,19,20)/t10-,16-. The number of nitriles is 1. The summed E-state index contributed by atoms with van der Waals surface area (Å²) in [5, 5.41) is 28.7. The molecule has 0 spiro atoms. The number of hydrogen-bond acceptors (Lipinski definition) is 5. The van der Waals surface area contributed by atoms with Crippen molar-refractivity contribution in [1.82, 2.24) is 0 Å². The van der Waals surface area contributed by atoms with Gasteiger partial charge in [-0.2, -0.15) is 5.26 Å². The van der Waals surface area contributed by atoms with E-state index in [4.69, 9.17) is 14.6 Å². The molecule has 0 atom stereocenters. The summed E-state index contributed by atoms with van der Waals surface area (Å²) in [6, 6.07) is 5.55. The Morgan fingerprint density at radius 1 is 1.23 bits per heavy atom. The first-order valence-electron chi connectivity index (χ1n) is 7.33. The fourth-order valence-corrected chi connectivity index (χ4v) is 3.30. The van der Waals surface area contributed by atoms with Crippen LogP contribution in [0.15, 0.2) is 12.1 Å². The van der Waals surface area contributed by atoms with Gasteiger partial charge in [0.25, 0.3) is 0 Å². The average molecular weight is 303 g/mol. The summed E-state index contributed by atoms with van der Waals surface area (Å²) >= 11 is 0. The van der Waals surface area contributed by atoms with Crippen molar-refractivity contribution in [2.45, 2.75) is 31.1 Å². The molecule has 116 valence electrons. The highest BCUT2D eigenvalue weighted by Crippen LogP contribution is 2.50. The predicted octanol–water partition coefficient (Wildman–Crippen LogP) is 2.20. The molecule has 1 aromatic rings. The first-order chi connectivity index (χ1) is 10.6. The fraction of sp³-hybridized carbons (Fsp3) is 0.500. The van der Waals surface area contributed by atoms with Crippen LogP contribution in [0.4, 0.5) is 0 Å². The number of rotatable bonds is 2. The largest absolute Gasteiger partial charge is 0.504 e. The third kappa shape index (κ3) is 2.23. The summed E-state index contributed by atoms with van der Waals surface area (Å²) in [6.45, 7) is 0.716. The number of aliphatic carboxylic acids is 1. The molecule has 2 aliphatic rings. The molecule has 0 saturated heterocycles. The second-order valence-corrected chi connectivity index (χ2v) is 5.79. The van der Waals surface area contributed by atoms with Gasteiger partial charge in [0.2, 0.25) is 5.75 Å². The first-order valence-corrected chi connectivity index (χ1v) is 7.33. The molecule has 2 N–H and O–H groups in total. The van der Waals surface area contributed by atoms with Gasteiger partial charge in [0.15, 0.2) is 11.5 Å². The maximum atomic E-state index is 11.1. The molecule has 6 nitrogen and oxygen atoms in total. The van der Waals surface area contributed by atoms with E-state index in [1.807, 2.05) is 0 Å². The molecule has 1 aliphatic heterocycles. The van der Waals surface area contributed by atoms with E-state index in [1.165, 1.54) is 6.07 Å². The van der Waals surface area contributed by atoms with Crippen LogP contribution in [0.2, 0.25) is 0 Å². The summed E-state index contributed by atoms with van der Waals surface area (Å²) < 4.78 is 11.1. The van der Waals surface area contributed by atoms with Gasteiger partial charge in [0.05, 0.1) is 17.4 Å². The van der Waals surface area contributed by atoms with Gasteiger partial charge in [-0.25, -0.2) is 0 Å². The van der Waals surface area contributed by atoms with E-state index in [1.54, 1.807) is 6.07 Å². The lowest BCUT2D eigenvalue weighted by atomic mass is 9.67. The molecule has 1 heterocycles. The van der Waals surface area contributed by atoms with Gasteiger partial charge in [-0.1, -0.05) is 0 Å². The SMILES string of the molecule is N#C[C@]1(c2ccc(O)c3c2OCCO3)CC[C@H](C(=O)O)CC1. The monoisotopic (exact) mass is 303 g/mol. The van der Waals surface area contributed by atoms with Crippen LogP contribution in [-0.2, 0) is 10.2 Å². The van der Waals surface area contributed by atoms with Crippen molar-refractivity contribution < 1.29 is 24.5 Å². The summed E-state index contributed by atoms with van der Waals surface area (Å²) in [7, 11) is 0. The maximum absolute atomic E-state index is 11.1. The maximum Gasteiger partial charge on any atom is 0.306 e. The Balaban J connectivity index is 1.99. The van der Waals surface area contributed by atoms with Crippen molar-refractivity contribution in [2.75, 3.05) is 13.2 Å². The van der Waals surface area contributed by atoms with E-state index in [0.717, 1.165) is 0 Å². The molecule has 0 bridgehead atoms. The minimum absolute atomic E-state index is 0.00855. The van der Waals surface area contributed by atoms with E-state index in [-0.39, 0.29) is 11.5 Å². The van der Waals surface area contributed by atoms with E-state index < -0.39 is 17.3 Å².